The second-order valence-electron chi connectivity index (χ2n) is 6.98. The molecule has 30 heavy (non-hydrogen) atoms. The van der Waals surface area contributed by atoms with Crippen molar-refractivity contribution in [3.8, 4) is 0 Å². The molecule has 1 amide bonds. The van der Waals surface area contributed by atoms with E-state index in [4.69, 9.17) is 11.6 Å². The van der Waals surface area contributed by atoms with Crippen molar-refractivity contribution in [1.82, 2.24) is 14.9 Å². The quantitative estimate of drug-likeness (QED) is 0.514. The van der Waals surface area contributed by atoms with E-state index in [1.165, 1.54) is 4.57 Å². The van der Waals surface area contributed by atoms with Crippen LogP contribution in [0, 0.1) is 0 Å². The number of amides is 1. The van der Waals surface area contributed by atoms with Crippen LogP contribution in [-0.2, 0) is 13.0 Å². The highest BCUT2D eigenvalue weighted by atomic mass is 35.5. The van der Waals surface area contributed by atoms with Crippen LogP contribution >= 0.6 is 11.6 Å². The van der Waals surface area contributed by atoms with E-state index in [2.05, 4.69) is 10.3 Å². The summed E-state index contributed by atoms with van der Waals surface area (Å²) in [7, 11) is 0. The van der Waals surface area contributed by atoms with Crippen LogP contribution in [0.25, 0.3) is 11.0 Å². The predicted molar refractivity (Wildman–Crippen MR) is 119 cm³/mol. The van der Waals surface area contributed by atoms with Crippen molar-refractivity contribution in [3.05, 3.63) is 111 Å². The Hall–Kier alpha value is -3.44. The Bertz CT molecular complexity index is 1240. The molecule has 2 aromatic heterocycles. The van der Waals surface area contributed by atoms with Crippen LogP contribution in [0.3, 0.4) is 0 Å². The summed E-state index contributed by atoms with van der Waals surface area (Å²) < 4.78 is 1.53. The first-order valence-electron chi connectivity index (χ1n) is 9.67. The summed E-state index contributed by atoms with van der Waals surface area (Å²) in [4.78, 5) is 30.3. The standard InChI is InChI=1S/C24H20ClN3O2/c25-20-10-8-18(9-11-20)16-28-22-19(7-4-13-26-22)15-21(24(28)30)23(29)27-14-12-17-5-2-1-3-6-17/h1-11,13,15H,12,14,16H2,(H,27,29). The number of aromatic nitrogens is 2. The summed E-state index contributed by atoms with van der Waals surface area (Å²) in [6.45, 7) is 0.749. The molecular weight excluding hydrogens is 398 g/mol. The van der Waals surface area contributed by atoms with Crippen molar-refractivity contribution in [3.63, 3.8) is 0 Å². The van der Waals surface area contributed by atoms with Crippen molar-refractivity contribution < 1.29 is 4.79 Å². The number of hydrogen-bond donors (Lipinski definition) is 1. The number of benzene rings is 2. The fraction of sp³-hybridized carbons (Fsp3) is 0.125. The van der Waals surface area contributed by atoms with Crippen LogP contribution in [0.15, 0.2) is 83.8 Å². The van der Waals surface area contributed by atoms with Gasteiger partial charge in [0.25, 0.3) is 11.5 Å². The monoisotopic (exact) mass is 417 g/mol. The highest BCUT2D eigenvalue weighted by molar-refractivity contribution is 6.30. The van der Waals surface area contributed by atoms with Gasteiger partial charge in [-0.1, -0.05) is 54.1 Å². The number of nitrogens with one attached hydrogen (secondary N) is 1. The van der Waals surface area contributed by atoms with Gasteiger partial charge < -0.3 is 5.32 Å². The minimum absolute atomic E-state index is 0.109. The van der Waals surface area contributed by atoms with Crippen LogP contribution in [0.4, 0.5) is 0 Å². The fourth-order valence-corrected chi connectivity index (χ4v) is 3.47. The normalized spacial score (nSPS) is 10.8. The number of rotatable bonds is 6. The highest BCUT2D eigenvalue weighted by Crippen LogP contribution is 2.15. The van der Waals surface area contributed by atoms with Gasteiger partial charge in [-0.3, -0.25) is 14.2 Å². The molecule has 0 bridgehead atoms. The fourth-order valence-electron chi connectivity index (χ4n) is 3.35. The molecular formula is C24H20ClN3O2. The SMILES string of the molecule is O=C(NCCc1ccccc1)c1cc2cccnc2n(Cc2ccc(Cl)cc2)c1=O. The Labute approximate surface area is 179 Å². The molecule has 0 aliphatic heterocycles. The molecule has 0 aliphatic rings. The number of hydrogen-bond acceptors (Lipinski definition) is 3. The number of nitrogens with zero attached hydrogens (tertiary/aromatic N) is 2. The molecule has 0 atom stereocenters. The molecule has 150 valence electrons. The summed E-state index contributed by atoms with van der Waals surface area (Å²) in [6.07, 6.45) is 2.33. The Balaban J connectivity index is 1.63. The minimum Gasteiger partial charge on any atom is -0.352 e. The van der Waals surface area contributed by atoms with E-state index in [-0.39, 0.29) is 17.0 Å². The summed E-state index contributed by atoms with van der Waals surface area (Å²) in [5, 5.41) is 4.22. The second kappa shape index (κ2) is 8.93. The molecule has 0 saturated carbocycles. The molecule has 0 spiro atoms. The zero-order valence-corrected chi connectivity index (χ0v) is 17.0. The minimum atomic E-state index is -0.383. The summed E-state index contributed by atoms with van der Waals surface area (Å²) in [6, 6.07) is 22.4. The Morgan fingerprint density at radius 2 is 1.73 bits per heavy atom. The van der Waals surface area contributed by atoms with Crippen LogP contribution in [0.1, 0.15) is 21.5 Å². The molecule has 2 heterocycles. The third kappa shape index (κ3) is 4.42. The van der Waals surface area contributed by atoms with Gasteiger partial charge in [0, 0.05) is 23.2 Å². The van der Waals surface area contributed by atoms with E-state index in [1.807, 2.05) is 48.5 Å². The van der Waals surface area contributed by atoms with Crippen LogP contribution in [0.5, 0.6) is 0 Å². The van der Waals surface area contributed by atoms with Gasteiger partial charge in [-0.15, -0.1) is 0 Å². The molecule has 0 fully saturated rings. The molecule has 4 rings (SSSR count). The molecule has 0 saturated heterocycles. The Morgan fingerprint density at radius 1 is 0.967 bits per heavy atom. The lowest BCUT2D eigenvalue weighted by molar-refractivity contribution is 0.0952. The lowest BCUT2D eigenvalue weighted by atomic mass is 10.1. The van der Waals surface area contributed by atoms with E-state index in [0.29, 0.717) is 30.2 Å². The zero-order chi connectivity index (χ0) is 20.9. The zero-order valence-electron chi connectivity index (χ0n) is 16.2. The highest BCUT2D eigenvalue weighted by Gasteiger charge is 2.16. The maximum absolute atomic E-state index is 13.2. The van der Waals surface area contributed by atoms with Gasteiger partial charge in [0.1, 0.15) is 11.2 Å². The molecule has 2 aromatic carbocycles. The molecule has 4 aromatic rings. The van der Waals surface area contributed by atoms with Gasteiger partial charge in [0.2, 0.25) is 0 Å². The smallest absolute Gasteiger partial charge is 0.265 e. The number of pyridine rings is 2. The average Bonchev–Trinajstić information content (AvgIpc) is 2.77. The predicted octanol–water partition coefficient (Wildman–Crippen LogP) is 4.07. The van der Waals surface area contributed by atoms with Crippen molar-refractivity contribution in [2.75, 3.05) is 6.54 Å². The van der Waals surface area contributed by atoms with Gasteiger partial charge in [-0.2, -0.15) is 0 Å². The van der Waals surface area contributed by atoms with Gasteiger partial charge in [-0.05, 0) is 47.9 Å². The number of carbonyl (C=O) groups is 1. The van der Waals surface area contributed by atoms with E-state index in [9.17, 15) is 9.59 Å². The average molecular weight is 418 g/mol. The first kappa shape index (κ1) is 19.9. The van der Waals surface area contributed by atoms with E-state index < -0.39 is 0 Å². The lowest BCUT2D eigenvalue weighted by Crippen LogP contribution is -2.34. The third-order valence-electron chi connectivity index (χ3n) is 4.89. The molecule has 5 nitrogen and oxygen atoms in total. The van der Waals surface area contributed by atoms with Crippen molar-refractivity contribution in [1.29, 1.82) is 0 Å². The van der Waals surface area contributed by atoms with E-state index >= 15 is 0 Å². The first-order chi connectivity index (χ1) is 14.6. The van der Waals surface area contributed by atoms with Crippen molar-refractivity contribution in [2.45, 2.75) is 13.0 Å². The molecule has 0 radical (unpaired) electrons. The summed E-state index contributed by atoms with van der Waals surface area (Å²) >= 11 is 5.97. The second-order valence-corrected chi connectivity index (χ2v) is 7.42. The molecule has 0 unspecified atom stereocenters. The van der Waals surface area contributed by atoms with Gasteiger partial charge >= 0.3 is 0 Å². The van der Waals surface area contributed by atoms with Crippen molar-refractivity contribution >= 4 is 28.5 Å². The maximum atomic E-state index is 13.2. The molecule has 1 N–H and O–H groups in total. The summed E-state index contributed by atoms with van der Waals surface area (Å²) in [5.41, 5.74) is 2.31. The number of halogens is 1. The van der Waals surface area contributed by atoms with Gasteiger partial charge in [-0.25, -0.2) is 4.98 Å². The largest absolute Gasteiger partial charge is 0.352 e. The topological polar surface area (TPSA) is 64.0 Å². The van der Waals surface area contributed by atoms with Gasteiger partial charge in [0.15, 0.2) is 0 Å². The van der Waals surface area contributed by atoms with Crippen molar-refractivity contribution in [2.24, 2.45) is 0 Å². The maximum Gasteiger partial charge on any atom is 0.265 e. The molecule has 6 heteroatoms. The Morgan fingerprint density at radius 3 is 2.50 bits per heavy atom. The van der Waals surface area contributed by atoms with Crippen LogP contribution < -0.4 is 10.9 Å². The van der Waals surface area contributed by atoms with Gasteiger partial charge in [0.05, 0.1) is 6.54 Å². The first-order valence-corrected chi connectivity index (χ1v) is 10.0. The third-order valence-corrected chi connectivity index (χ3v) is 5.14. The van der Waals surface area contributed by atoms with Crippen LogP contribution in [-0.4, -0.2) is 22.0 Å². The number of carbonyl (C=O) groups excluding carboxylic acids is 1. The molecule has 0 aliphatic carbocycles. The summed E-state index contributed by atoms with van der Waals surface area (Å²) in [5.74, 6) is -0.383. The lowest BCUT2D eigenvalue weighted by Gasteiger charge is -2.12. The number of fused-ring (bicyclic) bond motifs is 1. The van der Waals surface area contributed by atoms with E-state index in [0.717, 1.165) is 16.5 Å². The Kier molecular flexibility index (Phi) is 5.91. The van der Waals surface area contributed by atoms with Crippen LogP contribution in [0.2, 0.25) is 5.02 Å². The van der Waals surface area contributed by atoms with E-state index in [1.54, 1.807) is 30.5 Å².